The van der Waals surface area contributed by atoms with Crippen LogP contribution in [0.25, 0.3) is 0 Å². The lowest BCUT2D eigenvalue weighted by atomic mass is 10.0. The predicted octanol–water partition coefficient (Wildman–Crippen LogP) is 2.45. The minimum absolute atomic E-state index is 0.0596. The van der Waals surface area contributed by atoms with Gasteiger partial charge in [-0.1, -0.05) is 19.1 Å². The van der Waals surface area contributed by atoms with Crippen molar-refractivity contribution in [2.75, 3.05) is 18.6 Å². The van der Waals surface area contributed by atoms with Gasteiger partial charge in [0, 0.05) is 28.0 Å². The Bertz CT molecular complexity index is 447. The van der Waals surface area contributed by atoms with Gasteiger partial charge in [0.05, 0.1) is 7.11 Å². The molecule has 1 fully saturated rings. The van der Waals surface area contributed by atoms with E-state index in [2.05, 4.69) is 12.3 Å². The van der Waals surface area contributed by atoms with Crippen LogP contribution in [0.2, 0.25) is 0 Å². The van der Waals surface area contributed by atoms with Crippen LogP contribution in [0.15, 0.2) is 18.2 Å². The molecule has 112 valence electrons. The molecule has 20 heavy (non-hydrogen) atoms. The lowest BCUT2D eigenvalue weighted by Crippen LogP contribution is -2.48. The summed E-state index contributed by atoms with van der Waals surface area (Å²) in [5.74, 6) is 8.01. The molecule has 1 aromatic carbocycles. The summed E-state index contributed by atoms with van der Waals surface area (Å²) >= 11 is 3.88. The summed E-state index contributed by atoms with van der Waals surface area (Å²) < 4.78 is 19.3. The first kappa shape index (κ1) is 15.9. The average molecular weight is 316 g/mol. The number of halogens is 1. The standard InChI is InChI=1S/C14H21FN2OS2/c1-9-14(20-7-6-19-9)11(17-16)8-10-4-3-5-12(18-2)13(10)15/h3-5,9,11,14,17H,6-8,16H2,1-2H3. The Hall–Kier alpha value is -0.430. The van der Waals surface area contributed by atoms with Gasteiger partial charge >= 0.3 is 0 Å². The van der Waals surface area contributed by atoms with Gasteiger partial charge in [0.2, 0.25) is 0 Å². The third kappa shape index (κ3) is 3.61. The lowest BCUT2D eigenvalue weighted by molar-refractivity contribution is 0.382. The van der Waals surface area contributed by atoms with Crippen molar-refractivity contribution in [3.63, 3.8) is 0 Å². The maximum Gasteiger partial charge on any atom is 0.168 e. The fourth-order valence-electron chi connectivity index (χ4n) is 2.47. The van der Waals surface area contributed by atoms with Crippen LogP contribution in [0.4, 0.5) is 4.39 Å². The Balaban J connectivity index is 2.13. The van der Waals surface area contributed by atoms with E-state index in [-0.39, 0.29) is 17.6 Å². The summed E-state index contributed by atoms with van der Waals surface area (Å²) in [7, 11) is 1.48. The van der Waals surface area contributed by atoms with Gasteiger partial charge in [-0.05, 0) is 18.1 Å². The fourth-order valence-corrected chi connectivity index (χ4v) is 5.41. The maximum absolute atomic E-state index is 14.2. The highest BCUT2D eigenvalue weighted by molar-refractivity contribution is 8.07. The second-order valence-corrected chi connectivity index (χ2v) is 7.59. The van der Waals surface area contributed by atoms with Crippen molar-refractivity contribution in [3.8, 4) is 5.75 Å². The molecule has 0 spiro atoms. The summed E-state index contributed by atoms with van der Waals surface area (Å²) in [6, 6.07) is 5.31. The van der Waals surface area contributed by atoms with E-state index in [1.807, 2.05) is 29.6 Å². The zero-order chi connectivity index (χ0) is 14.5. The second-order valence-electron chi connectivity index (χ2n) is 4.82. The monoisotopic (exact) mass is 316 g/mol. The normalized spacial score (nSPS) is 24.4. The Morgan fingerprint density at radius 2 is 2.20 bits per heavy atom. The highest BCUT2D eigenvalue weighted by Crippen LogP contribution is 2.34. The van der Waals surface area contributed by atoms with E-state index in [1.54, 1.807) is 12.1 Å². The zero-order valence-corrected chi connectivity index (χ0v) is 13.4. The summed E-state index contributed by atoms with van der Waals surface area (Å²) in [4.78, 5) is 0. The molecule has 0 amide bonds. The van der Waals surface area contributed by atoms with Crippen molar-refractivity contribution >= 4 is 23.5 Å². The molecule has 6 heteroatoms. The van der Waals surface area contributed by atoms with E-state index >= 15 is 0 Å². The van der Waals surface area contributed by atoms with E-state index in [9.17, 15) is 4.39 Å². The number of nitrogens with one attached hydrogen (secondary N) is 1. The minimum atomic E-state index is -0.281. The van der Waals surface area contributed by atoms with Gasteiger partial charge in [0.1, 0.15) is 0 Å². The molecule has 0 radical (unpaired) electrons. The van der Waals surface area contributed by atoms with Crippen LogP contribution in [0, 0.1) is 5.82 Å². The molecule has 1 aromatic rings. The maximum atomic E-state index is 14.2. The van der Waals surface area contributed by atoms with Gasteiger partial charge < -0.3 is 4.74 Å². The first-order valence-electron chi connectivity index (χ1n) is 6.68. The van der Waals surface area contributed by atoms with Gasteiger partial charge in [-0.25, -0.2) is 4.39 Å². The van der Waals surface area contributed by atoms with Crippen molar-refractivity contribution in [1.82, 2.24) is 5.43 Å². The highest BCUT2D eigenvalue weighted by Gasteiger charge is 2.30. The molecule has 1 aliphatic rings. The van der Waals surface area contributed by atoms with Crippen molar-refractivity contribution < 1.29 is 9.13 Å². The zero-order valence-electron chi connectivity index (χ0n) is 11.8. The number of hydrazine groups is 1. The topological polar surface area (TPSA) is 47.3 Å². The quantitative estimate of drug-likeness (QED) is 0.645. The number of thioether (sulfide) groups is 2. The van der Waals surface area contributed by atoms with Crippen LogP contribution in [0.5, 0.6) is 5.75 Å². The molecule has 0 saturated carbocycles. The molecule has 3 nitrogen and oxygen atoms in total. The Morgan fingerprint density at radius 3 is 2.85 bits per heavy atom. The van der Waals surface area contributed by atoms with Crippen LogP contribution in [-0.2, 0) is 6.42 Å². The van der Waals surface area contributed by atoms with Crippen LogP contribution < -0.4 is 16.0 Å². The Kier molecular flexibility index (Phi) is 6.01. The third-order valence-electron chi connectivity index (χ3n) is 3.55. The molecule has 1 heterocycles. The van der Waals surface area contributed by atoms with Gasteiger partial charge in [0.25, 0.3) is 0 Å². The molecule has 3 unspecified atom stereocenters. The molecule has 0 bridgehead atoms. The summed E-state index contributed by atoms with van der Waals surface area (Å²) in [6.07, 6.45) is 0.572. The van der Waals surface area contributed by atoms with Gasteiger partial charge in [0.15, 0.2) is 11.6 Å². The Morgan fingerprint density at radius 1 is 1.45 bits per heavy atom. The molecular weight excluding hydrogens is 295 g/mol. The van der Waals surface area contributed by atoms with Gasteiger partial charge in [-0.2, -0.15) is 23.5 Å². The summed E-state index contributed by atoms with van der Waals surface area (Å²) in [5, 5.41) is 0.910. The number of hydrogen-bond acceptors (Lipinski definition) is 5. The van der Waals surface area contributed by atoms with Crippen molar-refractivity contribution in [1.29, 1.82) is 0 Å². The fraction of sp³-hybridized carbons (Fsp3) is 0.571. The number of methoxy groups -OCH3 is 1. The first-order valence-corrected chi connectivity index (χ1v) is 8.77. The van der Waals surface area contributed by atoms with Crippen molar-refractivity contribution in [3.05, 3.63) is 29.6 Å². The van der Waals surface area contributed by atoms with Gasteiger partial charge in [-0.15, -0.1) is 0 Å². The Labute approximate surface area is 128 Å². The number of rotatable bonds is 5. The molecule has 1 aliphatic heterocycles. The molecular formula is C14H21FN2OS2. The molecule has 3 N–H and O–H groups in total. The number of nitrogens with two attached hydrogens (primary N) is 1. The van der Waals surface area contributed by atoms with E-state index < -0.39 is 0 Å². The lowest BCUT2D eigenvalue weighted by Gasteiger charge is -2.34. The second kappa shape index (κ2) is 7.54. The van der Waals surface area contributed by atoms with Crippen LogP contribution >= 0.6 is 23.5 Å². The minimum Gasteiger partial charge on any atom is -0.494 e. The molecule has 2 rings (SSSR count). The molecule has 0 aromatic heterocycles. The van der Waals surface area contributed by atoms with Crippen molar-refractivity contribution in [2.45, 2.75) is 29.9 Å². The predicted molar refractivity (Wildman–Crippen MR) is 85.9 cm³/mol. The van der Waals surface area contributed by atoms with Crippen LogP contribution in [-0.4, -0.2) is 35.2 Å². The van der Waals surface area contributed by atoms with E-state index in [0.717, 1.165) is 5.75 Å². The SMILES string of the molecule is COc1cccc(CC(NN)C2SCCSC2C)c1F. The summed E-state index contributed by atoms with van der Waals surface area (Å²) in [6.45, 7) is 2.22. The number of benzene rings is 1. The first-order chi connectivity index (χ1) is 9.67. The van der Waals surface area contributed by atoms with E-state index in [0.29, 0.717) is 22.5 Å². The largest absolute Gasteiger partial charge is 0.494 e. The number of hydrogen-bond donors (Lipinski definition) is 2. The van der Waals surface area contributed by atoms with E-state index in [4.69, 9.17) is 10.6 Å². The van der Waals surface area contributed by atoms with Gasteiger partial charge in [-0.3, -0.25) is 11.3 Å². The highest BCUT2D eigenvalue weighted by atomic mass is 32.2. The molecule has 1 saturated heterocycles. The third-order valence-corrected chi connectivity index (χ3v) is 6.80. The number of ether oxygens (including phenoxy) is 1. The average Bonchev–Trinajstić information content (AvgIpc) is 2.47. The van der Waals surface area contributed by atoms with Crippen LogP contribution in [0.1, 0.15) is 12.5 Å². The molecule has 3 atom stereocenters. The van der Waals surface area contributed by atoms with Crippen molar-refractivity contribution in [2.24, 2.45) is 5.84 Å². The molecule has 0 aliphatic carbocycles. The summed E-state index contributed by atoms with van der Waals surface area (Å²) in [5.41, 5.74) is 3.52. The van der Waals surface area contributed by atoms with Crippen LogP contribution in [0.3, 0.4) is 0 Å². The smallest absolute Gasteiger partial charge is 0.168 e. The van der Waals surface area contributed by atoms with E-state index in [1.165, 1.54) is 12.9 Å².